The Labute approximate surface area is 157 Å². The van der Waals surface area contributed by atoms with Crippen molar-refractivity contribution in [2.75, 3.05) is 17.3 Å². The zero-order chi connectivity index (χ0) is 18.5. The second-order valence-electron chi connectivity index (χ2n) is 6.01. The van der Waals surface area contributed by atoms with E-state index >= 15 is 0 Å². The van der Waals surface area contributed by atoms with Crippen molar-refractivity contribution in [2.45, 2.75) is 13.5 Å². The molecule has 0 spiro atoms. The molecule has 0 saturated heterocycles. The molecule has 0 saturated carbocycles. The van der Waals surface area contributed by atoms with Crippen molar-refractivity contribution < 1.29 is 4.79 Å². The van der Waals surface area contributed by atoms with Gasteiger partial charge in [-0.05, 0) is 36.2 Å². The lowest BCUT2D eigenvalue weighted by Crippen LogP contribution is -2.19. The van der Waals surface area contributed by atoms with Crippen LogP contribution in [0.1, 0.15) is 21.6 Å². The van der Waals surface area contributed by atoms with Crippen LogP contribution >= 0.6 is 11.6 Å². The number of benzene rings is 2. The van der Waals surface area contributed by atoms with Gasteiger partial charge in [0.05, 0.1) is 12.4 Å². The molecule has 1 aromatic heterocycles. The third kappa shape index (κ3) is 4.37. The predicted molar refractivity (Wildman–Crippen MR) is 105 cm³/mol. The number of hydrogen-bond acceptors (Lipinski definition) is 4. The largest absolute Gasteiger partial charge is 0.354 e. The SMILES string of the molecule is Cc1cc(Cl)ccc1NC(=O)c1cnc(N(C)Cc2ccccc2)cn1. The number of carbonyl (C=O) groups is 1. The van der Waals surface area contributed by atoms with Crippen molar-refractivity contribution in [1.82, 2.24) is 9.97 Å². The van der Waals surface area contributed by atoms with E-state index in [2.05, 4.69) is 27.4 Å². The summed E-state index contributed by atoms with van der Waals surface area (Å²) >= 11 is 5.94. The zero-order valence-corrected chi connectivity index (χ0v) is 15.4. The first-order valence-corrected chi connectivity index (χ1v) is 8.55. The molecule has 5 nitrogen and oxygen atoms in total. The Balaban J connectivity index is 1.67. The molecule has 26 heavy (non-hydrogen) atoms. The van der Waals surface area contributed by atoms with E-state index in [1.54, 1.807) is 24.4 Å². The van der Waals surface area contributed by atoms with Crippen LogP contribution in [0.2, 0.25) is 5.02 Å². The van der Waals surface area contributed by atoms with Crippen molar-refractivity contribution in [3.8, 4) is 0 Å². The fraction of sp³-hybridized carbons (Fsp3) is 0.150. The number of aryl methyl sites for hydroxylation is 1. The maximum absolute atomic E-state index is 12.4. The van der Waals surface area contributed by atoms with Crippen LogP contribution in [-0.4, -0.2) is 22.9 Å². The average Bonchev–Trinajstić information content (AvgIpc) is 2.65. The standard InChI is InChI=1S/C20H19ClN4O/c1-14-10-16(21)8-9-17(14)24-20(26)18-11-23-19(12-22-18)25(2)13-15-6-4-3-5-7-15/h3-12H,13H2,1-2H3,(H,24,26). The van der Waals surface area contributed by atoms with Crippen molar-refractivity contribution in [1.29, 1.82) is 0 Å². The maximum atomic E-state index is 12.4. The highest BCUT2D eigenvalue weighted by molar-refractivity contribution is 6.30. The Morgan fingerprint density at radius 1 is 1.12 bits per heavy atom. The van der Waals surface area contributed by atoms with Gasteiger partial charge in [-0.2, -0.15) is 0 Å². The Morgan fingerprint density at radius 2 is 1.88 bits per heavy atom. The first-order valence-electron chi connectivity index (χ1n) is 8.17. The fourth-order valence-electron chi connectivity index (χ4n) is 2.53. The molecule has 0 unspecified atom stereocenters. The summed E-state index contributed by atoms with van der Waals surface area (Å²) in [5, 5.41) is 3.46. The van der Waals surface area contributed by atoms with Crippen LogP contribution in [0.5, 0.6) is 0 Å². The Morgan fingerprint density at radius 3 is 2.54 bits per heavy atom. The number of nitrogens with zero attached hydrogens (tertiary/aromatic N) is 3. The number of halogens is 1. The van der Waals surface area contributed by atoms with E-state index in [1.165, 1.54) is 11.8 Å². The van der Waals surface area contributed by atoms with Crippen LogP contribution in [0, 0.1) is 6.92 Å². The molecule has 0 aliphatic rings. The highest BCUT2D eigenvalue weighted by Gasteiger charge is 2.11. The monoisotopic (exact) mass is 366 g/mol. The lowest BCUT2D eigenvalue weighted by molar-refractivity contribution is 0.102. The maximum Gasteiger partial charge on any atom is 0.275 e. The molecule has 0 aliphatic heterocycles. The van der Waals surface area contributed by atoms with Crippen LogP contribution in [0.3, 0.4) is 0 Å². The van der Waals surface area contributed by atoms with Crippen LogP contribution in [0.4, 0.5) is 11.5 Å². The molecule has 6 heteroatoms. The van der Waals surface area contributed by atoms with Crippen LogP contribution in [-0.2, 0) is 6.54 Å². The third-order valence-electron chi connectivity index (χ3n) is 3.96. The highest BCUT2D eigenvalue weighted by atomic mass is 35.5. The van der Waals surface area contributed by atoms with Crippen molar-refractivity contribution >= 4 is 29.0 Å². The van der Waals surface area contributed by atoms with Crippen molar-refractivity contribution in [3.05, 3.63) is 82.8 Å². The summed E-state index contributed by atoms with van der Waals surface area (Å²) < 4.78 is 0. The highest BCUT2D eigenvalue weighted by Crippen LogP contribution is 2.20. The molecule has 3 aromatic rings. The third-order valence-corrected chi connectivity index (χ3v) is 4.20. The van der Waals surface area contributed by atoms with Gasteiger partial charge in [-0.15, -0.1) is 0 Å². The van der Waals surface area contributed by atoms with E-state index in [1.807, 2.05) is 37.1 Å². The minimum absolute atomic E-state index is 0.260. The number of rotatable bonds is 5. The molecule has 0 fully saturated rings. The fourth-order valence-corrected chi connectivity index (χ4v) is 2.75. The molecule has 0 bridgehead atoms. The summed E-state index contributed by atoms with van der Waals surface area (Å²) in [4.78, 5) is 22.9. The molecule has 132 valence electrons. The van der Waals surface area contributed by atoms with Gasteiger partial charge in [-0.25, -0.2) is 9.97 Å². The number of carbonyl (C=O) groups excluding carboxylic acids is 1. The van der Waals surface area contributed by atoms with E-state index in [0.29, 0.717) is 23.1 Å². The Kier molecular flexibility index (Phi) is 5.49. The molecule has 1 N–H and O–H groups in total. The quantitative estimate of drug-likeness (QED) is 0.730. The van der Waals surface area contributed by atoms with E-state index in [4.69, 9.17) is 11.6 Å². The van der Waals surface area contributed by atoms with Gasteiger partial charge in [-0.1, -0.05) is 41.9 Å². The number of hydrogen-bond donors (Lipinski definition) is 1. The minimum atomic E-state index is -0.305. The minimum Gasteiger partial charge on any atom is -0.354 e. The molecular weight excluding hydrogens is 348 g/mol. The van der Waals surface area contributed by atoms with E-state index < -0.39 is 0 Å². The molecule has 1 amide bonds. The van der Waals surface area contributed by atoms with E-state index in [0.717, 1.165) is 5.56 Å². The van der Waals surface area contributed by atoms with Crippen LogP contribution < -0.4 is 10.2 Å². The number of anilines is 2. The lowest BCUT2D eigenvalue weighted by atomic mass is 10.2. The number of nitrogens with one attached hydrogen (secondary N) is 1. The van der Waals surface area contributed by atoms with Gasteiger partial charge in [0, 0.05) is 24.3 Å². The molecule has 0 radical (unpaired) electrons. The summed E-state index contributed by atoms with van der Waals surface area (Å²) in [7, 11) is 1.94. The van der Waals surface area contributed by atoms with Gasteiger partial charge in [0.2, 0.25) is 0 Å². The first-order chi connectivity index (χ1) is 12.5. The summed E-state index contributed by atoms with van der Waals surface area (Å²) in [5.41, 5.74) is 3.03. The molecule has 2 aromatic carbocycles. The van der Waals surface area contributed by atoms with E-state index in [-0.39, 0.29) is 11.6 Å². The van der Waals surface area contributed by atoms with Gasteiger partial charge in [0.15, 0.2) is 0 Å². The summed E-state index contributed by atoms with van der Waals surface area (Å²) in [6.45, 7) is 2.60. The van der Waals surface area contributed by atoms with Gasteiger partial charge >= 0.3 is 0 Å². The summed E-state index contributed by atoms with van der Waals surface area (Å²) in [5.74, 6) is 0.397. The van der Waals surface area contributed by atoms with Crippen molar-refractivity contribution in [3.63, 3.8) is 0 Å². The smallest absolute Gasteiger partial charge is 0.275 e. The molecule has 0 aliphatic carbocycles. The second-order valence-corrected chi connectivity index (χ2v) is 6.45. The molecule has 1 heterocycles. The van der Waals surface area contributed by atoms with Gasteiger partial charge in [0.25, 0.3) is 5.91 Å². The molecule has 0 atom stereocenters. The van der Waals surface area contributed by atoms with E-state index in [9.17, 15) is 4.79 Å². The van der Waals surface area contributed by atoms with Crippen molar-refractivity contribution in [2.24, 2.45) is 0 Å². The average molecular weight is 367 g/mol. The summed E-state index contributed by atoms with van der Waals surface area (Å²) in [6.07, 6.45) is 3.09. The van der Waals surface area contributed by atoms with Crippen LogP contribution in [0.15, 0.2) is 60.9 Å². The Bertz CT molecular complexity index is 897. The Hall–Kier alpha value is -2.92. The second kappa shape index (κ2) is 7.97. The predicted octanol–water partition coefficient (Wildman–Crippen LogP) is 4.33. The van der Waals surface area contributed by atoms with Gasteiger partial charge in [0.1, 0.15) is 11.5 Å². The number of amides is 1. The first kappa shape index (κ1) is 17.9. The lowest BCUT2D eigenvalue weighted by Gasteiger charge is -2.18. The zero-order valence-electron chi connectivity index (χ0n) is 14.6. The normalized spacial score (nSPS) is 10.4. The topological polar surface area (TPSA) is 58.1 Å². The summed E-state index contributed by atoms with van der Waals surface area (Å²) in [6, 6.07) is 15.4. The number of aromatic nitrogens is 2. The molecular formula is C20H19ClN4O. The molecule has 3 rings (SSSR count). The van der Waals surface area contributed by atoms with Gasteiger partial charge < -0.3 is 10.2 Å². The van der Waals surface area contributed by atoms with Gasteiger partial charge in [-0.3, -0.25) is 4.79 Å². The van der Waals surface area contributed by atoms with Crippen LogP contribution in [0.25, 0.3) is 0 Å².